The average Bonchev–Trinajstić information content (AvgIpc) is 1.50. The maximum absolute atomic E-state index is 6.97. The van der Waals surface area contributed by atoms with E-state index in [1.165, 1.54) is 0 Å². The molecule has 0 spiro atoms. The molecule has 0 atom stereocenters. The van der Waals surface area contributed by atoms with Crippen molar-refractivity contribution in [1.29, 1.82) is 0 Å². The van der Waals surface area contributed by atoms with Crippen LogP contribution in [0.15, 0.2) is 0 Å². The molecule has 0 rings (SSSR count). The van der Waals surface area contributed by atoms with Crippen molar-refractivity contribution in [3.8, 4) is 0 Å². The fourth-order valence-electron chi connectivity index (χ4n) is 0. The summed E-state index contributed by atoms with van der Waals surface area (Å²) in [5, 5.41) is 12.0. The molecule has 0 aliphatic rings. The van der Waals surface area contributed by atoms with Gasteiger partial charge in [-0.3, -0.25) is 10.5 Å². The Balaban J connectivity index is -0.00000000500. The molecular weight excluding hydrogens is 314 g/mol. The summed E-state index contributed by atoms with van der Waals surface area (Å²) in [6.45, 7) is 0. The molecule has 0 saturated carbocycles. The Labute approximate surface area is 68.0 Å². The standard InChI is InChI=1S/CH4.HIO.HI.H2O2/c;1-2;;1-2/h1H4;2H;1H;1-2H/p-1. The van der Waals surface area contributed by atoms with Crippen molar-refractivity contribution in [3.05, 3.63) is 0 Å². The number of rotatable bonds is 0. The molecule has 5 heteroatoms. The topological polar surface area (TPSA) is 60.7 Å². The lowest BCUT2D eigenvalue weighted by atomic mass is 12.0. The predicted molar refractivity (Wildman–Crippen MR) is 28.2 cm³/mol. The van der Waals surface area contributed by atoms with Crippen LogP contribution in [0.3, 0.4) is 0 Å². The van der Waals surface area contributed by atoms with E-state index in [4.69, 9.17) is 14.0 Å². The van der Waals surface area contributed by atoms with Crippen molar-refractivity contribution >= 4 is 23.0 Å². The maximum Gasteiger partial charge on any atom is 0.106 e. The second-order valence-electron chi connectivity index (χ2n) is 0. The van der Waals surface area contributed by atoms with Gasteiger partial charge in [0.05, 0.1) is 0 Å². The van der Waals surface area contributed by atoms with E-state index < -0.39 is 0 Å². The van der Waals surface area contributed by atoms with E-state index in [9.17, 15) is 0 Å². The molecule has 44 valence electrons. The molecule has 0 fully saturated rings. The molecule has 0 aliphatic carbocycles. The van der Waals surface area contributed by atoms with Gasteiger partial charge in [-0.25, -0.2) is 0 Å². The van der Waals surface area contributed by atoms with Crippen LogP contribution in [0.1, 0.15) is 7.43 Å². The Hall–Kier alpha value is 1.34. The third kappa shape index (κ3) is 56.0. The Morgan fingerprint density at radius 2 is 1.00 bits per heavy atom. The summed E-state index contributed by atoms with van der Waals surface area (Å²) in [7, 11) is 0. The third-order valence-electron chi connectivity index (χ3n) is 0. The number of halogens is 2. The van der Waals surface area contributed by atoms with E-state index in [-0.39, 0.29) is 31.4 Å². The van der Waals surface area contributed by atoms with Gasteiger partial charge in [0.15, 0.2) is 0 Å². The van der Waals surface area contributed by atoms with Crippen LogP contribution in [0, 0.1) is 0 Å². The molecule has 0 aromatic rings. The molecule has 0 saturated heterocycles. The summed E-state index contributed by atoms with van der Waals surface area (Å²) < 4.78 is 6.97. The van der Waals surface area contributed by atoms with Crippen molar-refractivity contribution in [1.82, 2.24) is 0 Å². The minimum atomic E-state index is 0. The highest BCUT2D eigenvalue weighted by Crippen LogP contribution is 1.46. The lowest BCUT2D eigenvalue weighted by molar-refractivity contribution is -0.176. The van der Waals surface area contributed by atoms with E-state index in [0.717, 1.165) is 23.0 Å². The van der Waals surface area contributed by atoms with Crippen molar-refractivity contribution < 1.29 is 37.9 Å². The van der Waals surface area contributed by atoms with Crippen LogP contribution in [-0.2, 0) is 0 Å². The number of hydrogen-bond acceptors (Lipinski definition) is 3. The molecule has 3 nitrogen and oxygen atoms in total. The van der Waals surface area contributed by atoms with Crippen LogP contribution in [0.25, 0.3) is 0 Å². The first-order chi connectivity index (χ1) is 2.00. The van der Waals surface area contributed by atoms with Gasteiger partial charge in [-0.05, 0) is 0 Å². The summed E-state index contributed by atoms with van der Waals surface area (Å²) in [6, 6.07) is 0. The van der Waals surface area contributed by atoms with Crippen molar-refractivity contribution in [2.45, 2.75) is 7.43 Å². The second kappa shape index (κ2) is 101. The van der Waals surface area contributed by atoms with Crippen molar-refractivity contribution in [3.63, 3.8) is 0 Å². The summed E-state index contributed by atoms with van der Waals surface area (Å²) in [5.74, 6) is 0. The molecule has 0 heterocycles. The maximum atomic E-state index is 6.97. The van der Waals surface area contributed by atoms with Crippen LogP contribution in [0.5, 0.6) is 0 Å². The van der Waals surface area contributed by atoms with Gasteiger partial charge < -0.3 is 27.4 Å². The predicted octanol–water partition coefficient (Wildman–Crippen LogP) is -2.01. The molecule has 0 unspecified atom stereocenters. The molecule has 0 radical (unpaired) electrons. The summed E-state index contributed by atoms with van der Waals surface area (Å²) >= 11 is 1.15. The molecule has 0 aliphatic heterocycles. The zero-order valence-corrected chi connectivity index (χ0v) is 6.41. The molecule has 3 N–H and O–H groups in total. The monoisotopic (exact) mass is 321 g/mol. The van der Waals surface area contributed by atoms with Crippen molar-refractivity contribution in [2.24, 2.45) is 0 Å². The van der Waals surface area contributed by atoms with Gasteiger partial charge in [0.1, 0.15) is 23.0 Å². The third-order valence-corrected chi connectivity index (χ3v) is 0. The van der Waals surface area contributed by atoms with Gasteiger partial charge in [-0.15, -0.1) is 0 Å². The highest BCUT2D eigenvalue weighted by molar-refractivity contribution is 14.1. The Morgan fingerprint density at radius 1 is 1.00 bits per heavy atom. The Bertz CT molecular complexity index is 8.75. The second-order valence-corrected chi connectivity index (χ2v) is 0. The van der Waals surface area contributed by atoms with Crippen LogP contribution < -0.4 is 24.0 Å². The molecule has 0 bridgehead atoms. The quantitative estimate of drug-likeness (QED) is 0.274. The minimum absolute atomic E-state index is 0. The van der Waals surface area contributed by atoms with Gasteiger partial charge in [-0.1, -0.05) is 7.43 Å². The number of hydrogen-bond donors (Lipinski definition) is 3. The Kier molecular flexibility index (Phi) is 444. The fraction of sp³-hybridized carbons (Fsp3) is 1.00. The van der Waals surface area contributed by atoms with E-state index >= 15 is 0 Å². The lowest BCUT2D eigenvalue weighted by Gasteiger charge is -1.25. The van der Waals surface area contributed by atoms with Crippen LogP contribution >= 0.6 is 23.0 Å². The SMILES string of the molecule is C.OI.OO.[I-]. The van der Waals surface area contributed by atoms with Gasteiger partial charge in [0, 0.05) is 0 Å². The first kappa shape index (κ1) is 26.4. The van der Waals surface area contributed by atoms with Crippen LogP contribution in [0.2, 0.25) is 0 Å². The van der Waals surface area contributed by atoms with Gasteiger partial charge in [0.2, 0.25) is 0 Å². The summed E-state index contributed by atoms with van der Waals surface area (Å²) in [5.41, 5.74) is 0. The summed E-state index contributed by atoms with van der Waals surface area (Å²) in [6.07, 6.45) is 0. The molecule has 0 aromatic heterocycles. The average molecular weight is 321 g/mol. The minimum Gasteiger partial charge on any atom is -1.00 e. The first-order valence-electron chi connectivity index (χ1n) is 0.369. The molecule has 6 heavy (non-hydrogen) atoms. The van der Waals surface area contributed by atoms with Gasteiger partial charge >= 0.3 is 0 Å². The zero-order valence-electron chi connectivity index (χ0n) is 2.10. The van der Waals surface area contributed by atoms with E-state index in [0.29, 0.717) is 0 Å². The fourth-order valence-corrected chi connectivity index (χ4v) is 0. The van der Waals surface area contributed by atoms with Gasteiger partial charge in [-0.2, -0.15) is 0 Å². The highest BCUT2D eigenvalue weighted by Gasteiger charge is 0.911. The molecule has 0 aromatic carbocycles. The summed E-state index contributed by atoms with van der Waals surface area (Å²) in [4.78, 5) is 0. The van der Waals surface area contributed by atoms with E-state index in [2.05, 4.69) is 0 Å². The Morgan fingerprint density at radius 3 is 1.00 bits per heavy atom. The van der Waals surface area contributed by atoms with Crippen molar-refractivity contribution in [2.75, 3.05) is 0 Å². The van der Waals surface area contributed by atoms with E-state index in [1.54, 1.807) is 0 Å². The van der Waals surface area contributed by atoms with E-state index in [1.807, 2.05) is 0 Å². The first-order valence-corrected chi connectivity index (χ1v) is 1.33. The normalized spacial score (nSPS) is 2.00. The lowest BCUT2D eigenvalue weighted by Crippen LogP contribution is -3.00. The molecular formula is CH7I2O3-. The zero-order chi connectivity index (χ0) is 4.00. The van der Waals surface area contributed by atoms with Crippen LogP contribution in [-0.4, -0.2) is 14.0 Å². The smallest absolute Gasteiger partial charge is 0.106 e. The highest BCUT2D eigenvalue weighted by atomic mass is 127. The van der Waals surface area contributed by atoms with Gasteiger partial charge in [0.25, 0.3) is 0 Å². The molecule has 0 amide bonds. The largest absolute Gasteiger partial charge is 1.00 e. The van der Waals surface area contributed by atoms with Crippen LogP contribution in [0.4, 0.5) is 0 Å².